The molecule has 0 aliphatic carbocycles. The Bertz CT molecular complexity index is 749. The third-order valence-electron chi connectivity index (χ3n) is 3.85. The molecule has 0 saturated heterocycles. The van der Waals surface area contributed by atoms with Crippen molar-refractivity contribution in [2.75, 3.05) is 5.75 Å². The minimum atomic E-state index is -1.12. The van der Waals surface area contributed by atoms with E-state index in [9.17, 15) is 19.5 Å². The first-order valence-corrected chi connectivity index (χ1v) is 9.21. The van der Waals surface area contributed by atoms with Gasteiger partial charge in [0.1, 0.15) is 0 Å². The van der Waals surface area contributed by atoms with E-state index >= 15 is 0 Å². The van der Waals surface area contributed by atoms with Crippen LogP contribution in [0, 0.1) is 5.92 Å². The predicted octanol–water partition coefficient (Wildman–Crippen LogP) is 3.07. The van der Waals surface area contributed by atoms with Crippen LogP contribution in [-0.4, -0.2) is 27.9 Å². The van der Waals surface area contributed by atoms with Crippen LogP contribution in [0.4, 0.5) is 0 Å². The summed E-state index contributed by atoms with van der Waals surface area (Å²) >= 11 is 1.07. The van der Waals surface area contributed by atoms with Crippen molar-refractivity contribution in [3.05, 3.63) is 71.8 Å². The van der Waals surface area contributed by atoms with E-state index in [1.807, 2.05) is 30.3 Å². The number of aliphatic carboxylic acids is 1. The Morgan fingerprint density at radius 1 is 1.00 bits per heavy atom. The summed E-state index contributed by atoms with van der Waals surface area (Å²) in [5.74, 6) is -1.70. The van der Waals surface area contributed by atoms with Crippen molar-refractivity contribution in [3.63, 3.8) is 0 Å². The molecule has 2 aromatic carbocycles. The van der Waals surface area contributed by atoms with Gasteiger partial charge in [0.15, 0.2) is 11.2 Å². The lowest BCUT2D eigenvalue weighted by Gasteiger charge is -2.20. The molecule has 2 atom stereocenters. The van der Waals surface area contributed by atoms with Crippen molar-refractivity contribution in [1.29, 1.82) is 0 Å². The Hall–Kier alpha value is -2.60. The maximum atomic E-state index is 12.7. The Labute approximate surface area is 156 Å². The maximum Gasteiger partial charge on any atom is 0.330 e. The molecule has 0 heterocycles. The first-order chi connectivity index (χ1) is 12.5. The summed E-state index contributed by atoms with van der Waals surface area (Å²) in [5.41, 5.74) is 1.47. The summed E-state index contributed by atoms with van der Waals surface area (Å²) in [4.78, 5) is 35.7. The van der Waals surface area contributed by atoms with Gasteiger partial charge in [0, 0.05) is 12.7 Å². The largest absolute Gasteiger partial charge is 0.479 e. The van der Waals surface area contributed by atoms with Crippen LogP contribution in [0.25, 0.3) is 0 Å². The third kappa shape index (κ3) is 6.04. The van der Waals surface area contributed by atoms with Crippen LogP contribution in [0.3, 0.4) is 0 Å². The molecular formula is C20H21NO4S. The fourth-order valence-corrected chi connectivity index (χ4v) is 3.24. The average molecular weight is 371 g/mol. The van der Waals surface area contributed by atoms with Crippen molar-refractivity contribution in [3.8, 4) is 0 Å². The van der Waals surface area contributed by atoms with Crippen LogP contribution in [0.5, 0.6) is 0 Å². The van der Waals surface area contributed by atoms with Crippen molar-refractivity contribution >= 4 is 28.8 Å². The zero-order valence-corrected chi connectivity index (χ0v) is 15.2. The van der Waals surface area contributed by atoms with E-state index in [1.165, 1.54) is 6.92 Å². The maximum absolute atomic E-state index is 12.7. The van der Waals surface area contributed by atoms with Crippen molar-refractivity contribution < 1.29 is 19.5 Å². The normalized spacial score (nSPS) is 12.8. The number of hydrogen-bond donors (Lipinski definition) is 2. The van der Waals surface area contributed by atoms with Crippen LogP contribution in [0.2, 0.25) is 0 Å². The molecule has 0 bridgehead atoms. The van der Waals surface area contributed by atoms with Gasteiger partial charge in [-0.1, -0.05) is 72.4 Å². The highest BCUT2D eigenvalue weighted by molar-refractivity contribution is 8.13. The molecule has 5 nitrogen and oxygen atoms in total. The smallest absolute Gasteiger partial charge is 0.330 e. The summed E-state index contributed by atoms with van der Waals surface area (Å²) in [6.07, 6.45) is 0.439. The monoisotopic (exact) mass is 371 g/mol. The van der Waals surface area contributed by atoms with E-state index in [1.54, 1.807) is 30.3 Å². The third-order valence-corrected chi connectivity index (χ3v) is 4.83. The molecule has 0 radical (unpaired) electrons. The van der Waals surface area contributed by atoms with Crippen LogP contribution >= 0.6 is 11.8 Å². The van der Waals surface area contributed by atoms with Gasteiger partial charge < -0.3 is 10.4 Å². The number of carbonyl (C=O) groups excluding carboxylic acids is 2. The van der Waals surface area contributed by atoms with E-state index in [-0.39, 0.29) is 11.0 Å². The number of carboxylic acid groups (broad SMARTS) is 1. The first kappa shape index (κ1) is 19.7. The van der Waals surface area contributed by atoms with Gasteiger partial charge in [-0.3, -0.25) is 9.59 Å². The molecule has 0 aliphatic heterocycles. The first-order valence-electron chi connectivity index (χ1n) is 8.22. The van der Waals surface area contributed by atoms with Crippen molar-refractivity contribution in [2.24, 2.45) is 5.92 Å². The lowest BCUT2D eigenvalue weighted by Crippen LogP contribution is -2.39. The Morgan fingerprint density at radius 2 is 1.58 bits per heavy atom. The van der Waals surface area contributed by atoms with Gasteiger partial charge in [-0.25, -0.2) is 4.79 Å². The summed E-state index contributed by atoms with van der Waals surface area (Å²) in [6, 6.07) is 16.9. The number of amides is 1. The van der Waals surface area contributed by atoms with Crippen molar-refractivity contribution in [2.45, 2.75) is 19.4 Å². The highest BCUT2D eigenvalue weighted by atomic mass is 32.2. The van der Waals surface area contributed by atoms with Gasteiger partial charge in [-0.05, 0) is 17.5 Å². The summed E-state index contributed by atoms with van der Waals surface area (Å²) in [5, 5.41) is 12.0. The number of rotatable bonds is 8. The molecule has 2 aromatic rings. The second kappa shape index (κ2) is 9.77. The van der Waals surface area contributed by atoms with Gasteiger partial charge in [-0.15, -0.1) is 0 Å². The number of hydrogen-bond acceptors (Lipinski definition) is 4. The molecule has 1 amide bonds. The van der Waals surface area contributed by atoms with E-state index < -0.39 is 17.9 Å². The minimum Gasteiger partial charge on any atom is -0.479 e. The van der Waals surface area contributed by atoms with Crippen LogP contribution in [0.15, 0.2) is 60.7 Å². The number of carbonyl (C=O) groups is 3. The standard InChI is InChI=1S/C20H21NO4S/c1-14(22)26-13-17(12-15-8-4-2-5-9-15)19(23)21-18(20(24)25)16-10-6-3-7-11-16/h2-11,17-18H,12-13H2,1H3,(H,21,23)(H,24,25)/t17?,18-/m1/s1. The van der Waals surface area contributed by atoms with Crippen LogP contribution in [-0.2, 0) is 20.8 Å². The SMILES string of the molecule is CC(=O)SCC(Cc1ccccc1)C(=O)N[C@@H](C(=O)O)c1ccccc1. The van der Waals surface area contributed by atoms with Gasteiger partial charge in [0.25, 0.3) is 0 Å². The highest BCUT2D eigenvalue weighted by Gasteiger charge is 2.27. The molecule has 0 aliphatic rings. The molecule has 0 aromatic heterocycles. The molecule has 0 fully saturated rings. The lowest BCUT2D eigenvalue weighted by atomic mass is 9.99. The molecular weight excluding hydrogens is 350 g/mol. The number of carboxylic acids is 1. The average Bonchev–Trinajstić information content (AvgIpc) is 2.64. The molecule has 136 valence electrons. The molecule has 0 saturated carbocycles. The predicted molar refractivity (Wildman–Crippen MR) is 102 cm³/mol. The zero-order chi connectivity index (χ0) is 18.9. The molecule has 26 heavy (non-hydrogen) atoms. The number of nitrogens with one attached hydrogen (secondary N) is 1. The van der Waals surface area contributed by atoms with Gasteiger partial charge >= 0.3 is 5.97 Å². The van der Waals surface area contributed by atoms with E-state index in [0.29, 0.717) is 17.7 Å². The molecule has 1 unspecified atom stereocenters. The van der Waals surface area contributed by atoms with Gasteiger partial charge in [0.05, 0.1) is 5.92 Å². The van der Waals surface area contributed by atoms with Gasteiger partial charge in [0.2, 0.25) is 5.91 Å². The topological polar surface area (TPSA) is 83.5 Å². The number of thioether (sulfide) groups is 1. The Kier molecular flexibility index (Phi) is 7.41. The van der Waals surface area contributed by atoms with Crippen LogP contribution < -0.4 is 5.32 Å². The van der Waals surface area contributed by atoms with E-state index in [4.69, 9.17) is 0 Å². The fraction of sp³-hybridized carbons (Fsp3) is 0.250. The molecule has 2 N–H and O–H groups in total. The second-order valence-electron chi connectivity index (χ2n) is 5.88. The fourth-order valence-electron chi connectivity index (χ4n) is 2.54. The van der Waals surface area contributed by atoms with E-state index in [0.717, 1.165) is 17.3 Å². The lowest BCUT2D eigenvalue weighted by molar-refractivity contribution is -0.142. The van der Waals surface area contributed by atoms with Crippen LogP contribution in [0.1, 0.15) is 24.1 Å². The molecule has 2 rings (SSSR count). The van der Waals surface area contributed by atoms with Crippen molar-refractivity contribution in [1.82, 2.24) is 5.32 Å². The minimum absolute atomic E-state index is 0.0753. The Balaban J connectivity index is 2.15. The number of benzene rings is 2. The highest BCUT2D eigenvalue weighted by Crippen LogP contribution is 2.19. The zero-order valence-electron chi connectivity index (χ0n) is 14.4. The summed E-state index contributed by atoms with van der Waals surface area (Å²) < 4.78 is 0. The summed E-state index contributed by atoms with van der Waals surface area (Å²) in [6.45, 7) is 1.45. The van der Waals surface area contributed by atoms with Gasteiger partial charge in [-0.2, -0.15) is 0 Å². The second-order valence-corrected chi connectivity index (χ2v) is 7.08. The Morgan fingerprint density at radius 3 is 2.12 bits per heavy atom. The quantitative estimate of drug-likeness (QED) is 0.745. The molecule has 6 heteroatoms. The molecule has 0 spiro atoms. The van der Waals surface area contributed by atoms with E-state index in [2.05, 4.69) is 5.32 Å². The summed E-state index contributed by atoms with van der Waals surface area (Å²) in [7, 11) is 0.